The average molecular weight is 273 g/mol. The van der Waals surface area contributed by atoms with Gasteiger partial charge in [-0.3, -0.25) is 0 Å². The molecule has 1 aromatic rings. The van der Waals surface area contributed by atoms with Crippen LogP contribution in [0.3, 0.4) is 0 Å². The van der Waals surface area contributed by atoms with Crippen LogP contribution in [0.1, 0.15) is 54.4 Å². The van der Waals surface area contributed by atoms with E-state index in [1.807, 2.05) is 19.1 Å². The van der Waals surface area contributed by atoms with Gasteiger partial charge in [0.05, 0.1) is 11.3 Å². The van der Waals surface area contributed by atoms with Crippen molar-refractivity contribution in [3.05, 3.63) is 29.3 Å². The summed E-state index contributed by atoms with van der Waals surface area (Å²) in [6.45, 7) is 3.04. The number of hydrogen-bond donors (Lipinski definition) is 1. The Morgan fingerprint density at radius 3 is 2.75 bits per heavy atom. The van der Waals surface area contributed by atoms with Crippen LogP contribution in [0.15, 0.2) is 18.2 Å². The van der Waals surface area contributed by atoms with Crippen molar-refractivity contribution in [2.24, 2.45) is 5.92 Å². The quantitative estimate of drug-likeness (QED) is 0.889. The Balaban J connectivity index is 2.00. The molecule has 1 saturated heterocycles. The van der Waals surface area contributed by atoms with E-state index in [0.717, 1.165) is 23.7 Å². The molecule has 1 heterocycles. The third-order valence-corrected chi connectivity index (χ3v) is 5.00. The van der Waals surface area contributed by atoms with E-state index >= 15 is 0 Å². The minimum atomic E-state index is -0.804. The van der Waals surface area contributed by atoms with Crippen LogP contribution in [-0.4, -0.2) is 23.7 Å². The molecule has 108 valence electrons. The molecular weight excluding hydrogens is 250 g/mol. The smallest absolute Gasteiger partial charge is 0.337 e. The standard InChI is InChI=1S/C17H23NO2/c1-12-6-4-9-14(17(19)20)16(12)18-11-5-8-13-7-2-3-10-15(13)18/h4,6,9,13,15H,2-3,5,7-8,10-11H2,1H3,(H,19,20). The van der Waals surface area contributed by atoms with E-state index in [1.165, 1.54) is 38.5 Å². The van der Waals surface area contributed by atoms with Crippen molar-refractivity contribution in [1.29, 1.82) is 0 Å². The number of anilines is 1. The summed E-state index contributed by atoms with van der Waals surface area (Å²) in [5.41, 5.74) is 2.53. The topological polar surface area (TPSA) is 40.5 Å². The highest BCUT2D eigenvalue weighted by atomic mass is 16.4. The minimum Gasteiger partial charge on any atom is -0.478 e. The van der Waals surface area contributed by atoms with Crippen LogP contribution in [-0.2, 0) is 0 Å². The van der Waals surface area contributed by atoms with Gasteiger partial charge in [0.2, 0.25) is 0 Å². The second-order valence-electron chi connectivity index (χ2n) is 6.22. The molecule has 1 saturated carbocycles. The number of para-hydroxylation sites is 1. The maximum Gasteiger partial charge on any atom is 0.337 e. The van der Waals surface area contributed by atoms with Crippen LogP contribution in [0.25, 0.3) is 0 Å². The van der Waals surface area contributed by atoms with Crippen molar-refractivity contribution >= 4 is 11.7 Å². The number of carbonyl (C=O) groups is 1. The summed E-state index contributed by atoms with van der Waals surface area (Å²) in [5, 5.41) is 9.49. The second kappa shape index (κ2) is 5.47. The molecule has 3 heteroatoms. The van der Waals surface area contributed by atoms with Gasteiger partial charge in [0, 0.05) is 12.6 Å². The molecule has 0 spiro atoms. The van der Waals surface area contributed by atoms with E-state index in [1.54, 1.807) is 6.07 Å². The first-order chi connectivity index (χ1) is 9.68. The van der Waals surface area contributed by atoms with Gasteiger partial charge in [0.25, 0.3) is 0 Å². The van der Waals surface area contributed by atoms with E-state index in [0.29, 0.717) is 11.6 Å². The molecule has 1 N–H and O–H groups in total. The van der Waals surface area contributed by atoms with Gasteiger partial charge in [-0.2, -0.15) is 0 Å². The van der Waals surface area contributed by atoms with Gasteiger partial charge < -0.3 is 10.0 Å². The SMILES string of the molecule is Cc1cccc(C(=O)O)c1N1CCCC2CCCCC21. The van der Waals surface area contributed by atoms with Crippen molar-refractivity contribution in [3.8, 4) is 0 Å². The van der Waals surface area contributed by atoms with Crippen molar-refractivity contribution in [3.63, 3.8) is 0 Å². The van der Waals surface area contributed by atoms with Crippen LogP contribution in [0, 0.1) is 12.8 Å². The summed E-state index contributed by atoms with van der Waals surface area (Å²) in [6.07, 6.45) is 7.66. The van der Waals surface area contributed by atoms with Gasteiger partial charge in [0.15, 0.2) is 0 Å². The van der Waals surface area contributed by atoms with Crippen LogP contribution >= 0.6 is 0 Å². The van der Waals surface area contributed by atoms with Crippen molar-refractivity contribution in [2.45, 2.75) is 51.5 Å². The number of nitrogens with zero attached hydrogens (tertiary/aromatic N) is 1. The fourth-order valence-electron chi connectivity index (χ4n) is 4.12. The molecule has 20 heavy (non-hydrogen) atoms. The lowest BCUT2D eigenvalue weighted by molar-refractivity contribution is 0.0697. The maximum absolute atomic E-state index is 11.6. The Labute approximate surface area is 120 Å². The van der Waals surface area contributed by atoms with Gasteiger partial charge in [-0.05, 0) is 50.2 Å². The van der Waals surface area contributed by atoms with Gasteiger partial charge in [-0.1, -0.05) is 25.0 Å². The molecule has 2 fully saturated rings. The molecule has 3 nitrogen and oxygen atoms in total. The van der Waals surface area contributed by atoms with Crippen molar-refractivity contribution < 1.29 is 9.90 Å². The molecule has 0 bridgehead atoms. The number of rotatable bonds is 2. The van der Waals surface area contributed by atoms with Crippen LogP contribution in [0.2, 0.25) is 0 Å². The average Bonchev–Trinajstić information content (AvgIpc) is 2.46. The largest absolute Gasteiger partial charge is 0.478 e. The molecule has 2 aliphatic rings. The number of fused-ring (bicyclic) bond motifs is 1. The number of piperidine rings is 1. The Kier molecular flexibility index (Phi) is 3.68. The highest BCUT2D eigenvalue weighted by molar-refractivity contribution is 5.95. The maximum atomic E-state index is 11.6. The number of carboxylic acid groups (broad SMARTS) is 1. The predicted molar refractivity (Wildman–Crippen MR) is 80.5 cm³/mol. The fraction of sp³-hybridized carbons (Fsp3) is 0.588. The highest BCUT2D eigenvalue weighted by Gasteiger charge is 2.35. The zero-order valence-electron chi connectivity index (χ0n) is 12.1. The third kappa shape index (κ3) is 2.30. The molecule has 1 aliphatic heterocycles. The third-order valence-electron chi connectivity index (χ3n) is 5.00. The number of carboxylic acids is 1. The minimum absolute atomic E-state index is 0.469. The molecule has 0 aromatic heterocycles. The lowest BCUT2D eigenvalue weighted by Gasteiger charge is -2.46. The first-order valence-electron chi connectivity index (χ1n) is 7.78. The normalized spacial score (nSPS) is 26.1. The van der Waals surface area contributed by atoms with Crippen LogP contribution < -0.4 is 4.90 Å². The summed E-state index contributed by atoms with van der Waals surface area (Å²) in [6, 6.07) is 6.19. The van der Waals surface area contributed by atoms with Gasteiger partial charge in [0.1, 0.15) is 0 Å². The van der Waals surface area contributed by atoms with Crippen molar-refractivity contribution in [2.75, 3.05) is 11.4 Å². The first-order valence-corrected chi connectivity index (χ1v) is 7.78. The monoisotopic (exact) mass is 273 g/mol. The molecule has 0 radical (unpaired) electrons. The number of benzene rings is 1. The summed E-state index contributed by atoms with van der Waals surface area (Å²) < 4.78 is 0. The van der Waals surface area contributed by atoms with Crippen molar-refractivity contribution in [1.82, 2.24) is 0 Å². The van der Waals surface area contributed by atoms with Crippen LogP contribution in [0.4, 0.5) is 5.69 Å². The van der Waals surface area contributed by atoms with Gasteiger partial charge in [-0.15, -0.1) is 0 Å². The summed E-state index contributed by atoms with van der Waals surface area (Å²) >= 11 is 0. The zero-order chi connectivity index (χ0) is 14.1. The molecule has 1 aliphatic carbocycles. The van der Waals surface area contributed by atoms with Gasteiger partial charge >= 0.3 is 5.97 Å². The zero-order valence-corrected chi connectivity index (χ0v) is 12.1. The summed E-state index contributed by atoms with van der Waals surface area (Å²) in [7, 11) is 0. The number of aromatic carboxylic acids is 1. The Bertz CT molecular complexity index is 510. The molecule has 1 aromatic carbocycles. The van der Waals surface area contributed by atoms with E-state index in [-0.39, 0.29) is 0 Å². The second-order valence-corrected chi connectivity index (χ2v) is 6.22. The molecular formula is C17H23NO2. The Morgan fingerprint density at radius 1 is 1.20 bits per heavy atom. The van der Waals surface area contributed by atoms with Crippen LogP contribution in [0.5, 0.6) is 0 Å². The predicted octanol–water partition coefficient (Wildman–Crippen LogP) is 3.85. The van der Waals surface area contributed by atoms with E-state index in [2.05, 4.69) is 4.90 Å². The van der Waals surface area contributed by atoms with E-state index < -0.39 is 5.97 Å². The summed E-state index contributed by atoms with van der Waals surface area (Å²) in [5.74, 6) is -0.0413. The summed E-state index contributed by atoms with van der Waals surface area (Å²) in [4.78, 5) is 14.0. The molecule has 0 amide bonds. The molecule has 3 rings (SSSR count). The molecule has 2 atom stereocenters. The fourth-order valence-corrected chi connectivity index (χ4v) is 4.12. The lowest BCUT2D eigenvalue weighted by atomic mass is 9.78. The number of aryl methyl sites for hydroxylation is 1. The Hall–Kier alpha value is -1.51. The van der Waals surface area contributed by atoms with Gasteiger partial charge in [-0.25, -0.2) is 4.79 Å². The van der Waals surface area contributed by atoms with E-state index in [9.17, 15) is 9.90 Å². The first kappa shape index (κ1) is 13.5. The lowest BCUT2D eigenvalue weighted by Crippen LogP contribution is -2.47. The number of hydrogen-bond acceptors (Lipinski definition) is 2. The molecule has 2 unspecified atom stereocenters. The Morgan fingerprint density at radius 2 is 1.95 bits per heavy atom. The van der Waals surface area contributed by atoms with E-state index in [4.69, 9.17) is 0 Å². The highest BCUT2D eigenvalue weighted by Crippen LogP contribution is 2.39.